The Morgan fingerprint density at radius 3 is 2.83 bits per heavy atom. The van der Waals surface area contributed by atoms with Crippen LogP contribution in [-0.4, -0.2) is 15.7 Å². The van der Waals surface area contributed by atoms with Crippen LogP contribution in [0.3, 0.4) is 0 Å². The van der Waals surface area contributed by atoms with Crippen LogP contribution < -0.4 is 0 Å². The fourth-order valence-electron chi connectivity index (χ4n) is 0.792. The highest BCUT2D eigenvalue weighted by molar-refractivity contribution is 5.21. The number of alkyl halides is 2. The van der Waals surface area contributed by atoms with Gasteiger partial charge in [-0.1, -0.05) is 0 Å². The molecule has 1 heterocycles. The average molecular weight is 171 g/mol. The largest absolute Gasteiger partial charge is 0.265 e. The lowest BCUT2D eigenvalue weighted by Crippen LogP contribution is -2.19. The van der Waals surface area contributed by atoms with E-state index in [0.717, 1.165) is 11.6 Å². The summed E-state index contributed by atoms with van der Waals surface area (Å²) in [6.07, 6.45) is 2.54. The molecule has 5 heteroatoms. The molecule has 0 saturated heterocycles. The van der Waals surface area contributed by atoms with Crippen molar-refractivity contribution in [3.05, 3.63) is 18.0 Å². The monoisotopic (exact) mass is 171 g/mol. The summed E-state index contributed by atoms with van der Waals surface area (Å²) in [5, 5.41) is 11.9. The van der Waals surface area contributed by atoms with Crippen LogP contribution >= 0.6 is 0 Å². The van der Waals surface area contributed by atoms with Crippen LogP contribution in [0.4, 0.5) is 8.78 Å². The van der Waals surface area contributed by atoms with Crippen molar-refractivity contribution in [1.82, 2.24) is 9.78 Å². The fourth-order valence-corrected chi connectivity index (χ4v) is 0.792. The zero-order valence-electron chi connectivity index (χ0n) is 6.46. The number of hydrogen-bond acceptors (Lipinski definition) is 2. The zero-order valence-corrected chi connectivity index (χ0v) is 6.46. The van der Waals surface area contributed by atoms with Crippen molar-refractivity contribution in [3.63, 3.8) is 0 Å². The van der Waals surface area contributed by atoms with Gasteiger partial charge < -0.3 is 0 Å². The number of hydrogen-bond donors (Lipinski definition) is 0. The number of rotatable bonds is 2. The molecule has 0 aliphatic heterocycles. The summed E-state index contributed by atoms with van der Waals surface area (Å²) in [5.41, 5.74) is 0.291. The fraction of sp³-hybridized carbons (Fsp3) is 0.429. The Balaban J connectivity index is 2.72. The molecule has 0 radical (unpaired) electrons. The Morgan fingerprint density at radius 1 is 1.75 bits per heavy atom. The van der Waals surface area contributed by atoms with Gasteiger partial charge in [0.1, 0.15) is 12.6 Å². The van der Waals surface area contributed by atoms with Crippen LogP contribution in [0, 0.1) is 11.3 Å². The smallest absolute Gasteiger partial charge is 0.264 e. The summed E-state index contributed by atoms with van der Waals surface area (Å²) in [5.74, 6) is -2.79. The molecule has 1 aromatic heterocycles. The third-order valence-electron chi connectivity index (χ3n) is 1.20. The standard InChI is InChI=1S/C7H7F2N3/c1-7(8,9)5-12-4-6(2-10)3-11-12/h3-4H,5H2,1H3. The Hall–Kier alpha value is -1.44. The molecule has 0 aliphatic carbocycles. The summed E-state index contributed by atoms with van der Waals surface area (Å²) < 4.78 is 25.8. The van der Waals surface area contributed by atoms with Gasteiger partial charge in [-0.05, 0) is 0 Å². The predicted molar refractivity (Wildman–Crippen MR) is 37.6 cm³/mol. The second-order valence-corrected chi connectivity index (χ2v) is 2.61. The molecule has 64 valence electrons. The maximum absolute atomic E-state index is 12.4. The van der Waals surface area contributed by atoms with Gasteiger partial charge >= 0.3 is 0 Å². The molecule has 0 N–H and O–H groups in total. The van der Waals surface area contributed by atoms with Crippen molar-refractivity contribution >= 4 is 0 Å². The van der Waals surface area contributed by atoms with Gasteiger partial charge in [-0.25, -0.2) is 8.78 Å². The Bertz CT molecular complexity index is 305. The summed E-state index contributed by atoms with van der Waals surface area (Å²) in [6.45, 7) is 0.315. The molecule has 0 aromatic carbocycles. The van der Waals surface area contributed by atoms with Crippen molar-refractivity contribution < 1.29 is 8.78 Å². The molecule has 0 spiro atoms. The van der Waals surface area contributed by atoms with E-state index in [-0.39, 0.29) is 0 Å². The lowest BCUT2D eigenvalue weighted by Gasteiger charge is -2.08. The summed E-state index contributed by atoms with van der Waals surface area (Å²) in [7, 11) is 0. The van der Waals surface area contributed by atoms with Crippen molar-refractivity contribution in [3.8, 4) is 6.07 Å². The molecule has 1 rings (SSSR count). The molecule has 0 atom stereocenters. The lowest BCUT2D eigenvalue weighted by atomic mass is 10.4. The van der Waals surface area contributed by atoms with Gasteiger partial charge in [-0.3, -0.25) is 4.68 Å². The van der Waals surface area contributed by atoms with Gasteiger partial charge in [0.25, 0.3) is 5.92 Å². The zero-order chi connectivity index (χ0) is 9.19. The van der Waals surface area contributed by atoms with E-state index in [1.165, 1.54) is 12.4 Å². The van der Waals surface area contributed by atoms with Gasteiger partial charge in [-0.2, -0.15) is 10.4 Å². The first-order chi connectivity index (χ1) is 5.51. The van der Waals surface area contributed by atoms with Crippen molar-refractivity contribution in [1.29, 1.82) is 5.26 Å². The van der Waals surface area contributed by atoms with Crippen LogP contribution in [0.1, 0.15) is 12.5 Å². The highest BCUT2D eigenvalue weighted by atomic mass is 19.3. The quantitative estimate of drug-likeness (QED) is 0.675. The molecule has 0 bridgehead atoms. The van der Waals surface area contributed by atoms with Crippen LogP contribution in [0.2, 0.25) is 0 Å². The topological polar surface area (TPSA) is 41.6 Å². The van der Waals surface area contributed by atoms with Crippen LogP contribution in [0.25, 0.3) is 0 Å². The van der Waals surface area contributed by atoms with Gasteiger partial charge in [0.05, 0.1) is 11.8 Å². The molecule has 0 aliphatic rings. The molecule has 0 fully saturated rings. The molecule has 3 nitrogen and oxygen atoms in total. The van der Waals surface area contributed by atoms with E-state index < -0.39 is 12.5 Å². The molecule has 12 heavy (non-hydrogen) atoms. The third kappa shape index (κ3) is 2.31. The van der Waals surface area contributed by atoms with E-state index in [1.54, 1.807) is 6.07 Å². The number of halogens is 2. The van der Waals surface area contributed by atoms with Crippen molar-refractivity contribution in [2.45, 2.75) is 19.4 Å². The first kappa shape index (κ1) is 8.65. The van der Waals surface area contributed by atoms with Gasteiger partial charge in [0, 0.05) is 13.1 Å². The lowest BCUT2D eigenvalue weighted by molar-refractivity contribution is 0.000588. The number of nitriles is 1. The van der Waals surface area contributed by atoms with Crippen LogP contribution in [0.5, 0.6) is 0 Å². The second kappa shape index (κ2) is 2.89. The molecule has 0 amide bonds. The van der Waals surface area contributed by atoms with E-state index in [4.69, 9.17) is 5.26 Å². The summed E-state index contributed by atoms with van der Waals surface area (Å²) in [6, 6.07) is 1.80. The minimum atomic E-state index is -2.79. The van der Waals surface area contributed by atoms with Crippen LogP contribution in [-0.2, 0) is 6.54 Å². The first-order valence-electron chi connectivity index (χ1n) is 3.32. The maximum Gasteiger partial charge on any atom is 0.264 e. The Labute approximate surface area is 68.2 Å². The molecular formula is C7H7F2N3. The second-order valence-electron chi connectivity index (χ2n) is 2.61. The van der Waals surface area contributed by atoms with Crippen LogP contribution in [0.15, 0.2) is 12.4 Å². The van der Waals surface area contributed by atoms with Gasteiger partial charge in [-0.15, -0.1) is 0 Å². The van der Waals surface area contributed by atoms with Crippen molar-refractivity contribution in [2.24, 2.45) is 0 Å². The number of aromatic nitrogens is 2. The minimum absolute atomic E-state index is 0.291. The Morgan fingerprint density at radius 2 is 2.42 bits per heavy atom. The third-order valence-corrected chi connectivity index (χ3v) is 1.20. The molecular weight excluding hydrogens is 164 g/mol. The SMILES string of the molecule is CC(F)(F)Cn1cc(C#N)cn1. The van der Waals surface area contributed by atoms with E-state index in [1.807, 2.05) is 0 Å². The van der Waals surface area contributed by atoms with E-state index in [0.29, 0.717) is 5.56 Å². The number of nitrogens with zero attached hydrogens (tertiary/aromatic N) is 3. The Kier molecular flexibility index (Phi) is 2.09. The highest BCUT2D eigenvalue weighted by Crippen LogP contribution is 2.13. The van der Waals surface area contributed by atoms with Gasteiger partial charge in [0.15, 0.2) is 0 Å². The maximum atomic E-state index is 12.4. The van der Waals surface area contributed by atoms with Crippen molar-refractivity contribution in [2.75, 3.05) is 0 Å². The molecule has 0 unspecified atom stereocenters. The molecule has 1 aromatic rings. The predicted octanol–water partition coefficient (Wildman–Crippen LogP) is 1.41. The average Bonchev–Trinajstić information content (AvgIpc) is 2.32. The summed E-state index contributed by atoms with van der Waals surface area (Å²) >= 11 is 0. The van der Waals surface area contributed by atoms with E-state index in [2.05, 4.69) is 5.10 Å². The van der Waals surface area contributed by atoms with Gasteiger partial charge in [0.2, 0.25) is 0 Å². The summed E-state index contributed by atoms with van der Waals surface area (Å²) in [4.78, 5) is 0. The molecule has 0 saturated carbocycles. The normalized spacial score (nSPS) is 11.2. The minimum Gasteiger partial charge on any atom is -0.265 e. The van der Waals surface area contributed by atoms with E-state index >= 15 is 0 Å². The van der Waals surface area contributed by atoms with E-state index in [9.17, 15) is 8.78 Å². The highest BCUT2D eigenvalue weighted by Gasteiger charge is 2.22. The first-order valence-corrected chi connectivity index (χ1v) is 3.32.